The molecule has 70 valence electrons. The van der Waals surface area contributed by atoms with Gasteiger partial charge < -0.3 is 0 Å². The predicted molar refractivity (Wildman–Crippen MR) is 63.9 cm³/mol. The maximum atomic E-state index is 5.98. The summed E-state index contributed by atoms with van der Waals surface area (Å²) in [6, 6.07) is 5.59. The van der Waals surface area contributed by atoms with Crippen LogP contribution in [0.3, 0.4) is 0 Å². The molecule has 0 heterocycles. The lowest BCUT2D eigenvalue weighted by Gasteiger charge is -2.00. The van der Waals surface area contributed by atoms with Crippen molar-refractivity contribution >= 4 is 45.2 Å². The molecule has 0 amide bonds. The van der Waals surface area contributed by atoms with Crippen molar-refractivity contribution in [2.75, 3.05) is 0 Å². The van der Waals surface area contributed by atoms with Gasteiger partial charge in [0.15, 0.2) is 0 Å². The summed E-state index contributed by atoms with van der Waals surface area (Å²) in [5, 5.41) is 1.19. The molecular weight excluding hydrogens is 271 g/mol. The summed E-state index contributed by atoms with van der Waals surface area (Å²) in [5.74, 6) is 0. The van der Waals surface area contributed by atoms with E-state index in [9.17, 15) is 0 Å². The van der Waals surface area contributed by atoms with Gasteiger partial charge in [-0.15, -0.1) is 0 Å². The van der Waals surface area contributed by atoms with Crippen molar-refractivity contribution in [1.29, 1.82) is 0 Å². The van der Waals surface area contributed by atoms with Crippen LogP contribution in [0, 0.1) is 0 Å². The van der Waals surface area contributed by atoms with E-state index in [2.05, 4.69) is 15.9 Å². The van der Waals surface area contributed by atoms with Gasteiger partial charge in [-0.3, -0.25) is 0 Å². The summed E-state index contributed by atoms with van der Waals surface area (Å²) in [6.45, 7) is 2.04. The zero-order chi connectivity index (χ0) is 9.84. The molecule has 0 spiro atoms. The Morgan fingerprint density at radius 3 is 2.69 bits per heavy atom. The van der Waals surface area contributed by atoms with Gasteiger partial charge in [-0.2, -0.15) is 0 Å². The van der Waals surface area contributed by atoms with E-state index in [1.165, 1.54) is 0 Å². The van der Waals surface area contributed by atoms with Gasteiger partial charge in [-0.1, -0.05) is 63.4 Å². The van der Waals surface area contributed by atoms with Crippen molar-refractivity contribution < 1.29 is 0 Å². The van der Waals surface area contributed by atoms with Crippen LogP contribution in [-0.2, 0) is 0 Å². The SMILES string of the molecule is CC(Br)/C=C/c1cccc(Cl)c1Cl. The zero-order valence-corrected chi connectivity index (χ0v) is 10.2. The summed E-state index contributed by atoms with van der Waals surface area (Å²) >= 11 is 15.2. The Morgan fingerprint density at radius 2 is 2.08 bits per heavy atom. The topological polar surface area (TPSA) is 0 Å². The van der Waals surface area contributed by atoms with Crippen molar-refractivity contribution in [3.05, 3.63) is 39.9 Å². The molecule has 0 aliphatic rings. The maximum absolute atomic E-state index is 5.98. The quantitative estimate of drug-likeness (QED) is 0.683. The normalized spacial score (nSPS) is 13.5. The molecule has 0 radical (unpaired) electrons. The molecule has 13 heavy (non-hydrogen) atoms. The van der Waals surface area contributed by atoms with Crippen molar-refractivity contribution in [2.45, 2.75) is 11.8 Å². The fourth-order valence-corrected chi connectivity index (χ4v) is 1.41. The molecule has 1 aromatic carbocycles. The second-order valence-electron chi connectivity index (χ2n) is 2.68. The van der Waals surface area contributed by atoms with Crippen LogP contribution in [0.25, 0.3) is 6.08 Å². The predicted octanol–water partition coefficient (Wildman–Crippen LogP) is 4.79. The number of hydrogen-bond acceptors (Lipinski definition) is 0. The number of benzene rings is 1. The van der Waals surface area contributed by atoms with Gasteiger partial charge >= 0.3 is 0 Å². The maximum Gasteiger partial charge on any atom is 0.0664 e. The average Bonchev–Trinajstić information content (AvgIpc) is 2.07. The third-order valence-corrected chi connectivity index (χ3v) is 2.66. The number of halogens is 3. The van der Waals surface area contributed by atoms with Crippen LogP contribution >= 0.6 is 39.1 Å². The van der Waals surface area contributed by atoms with Gasteiger partial charge in [-0.25, -0.2) is 0 Å². The molecule has 1 rings (SSSR count). The highest BCUT2D eigenvalue weighted by Gasteiger charge is 2.00. The zero-order valence-electron chi connectivity index (χ0n) is 7.10. The monoisotopic (exact) mass is 278 g/mol. The molecule has 0 fully saturated rings. The highest BCUT2D eigenvalue weighted by Crippen LogP contribution is 2.26. The average molecular weight is 280 g/mol. The molecule has 1 unspecified atom stereocenters. The number of allylic oxidation sites excluding steroid dienone is 1. The van der Waals surface area contributed by atoms with Crippen LogP contribution in [0.1, 0.15) is 12.5 Å². The summed E-state index contributed by atoms with van der Waals surface area (Å²) < 4.78 is 0. The third-order valence-electron chi connectivity index (χ3n) is 1.52. The molecule has 0 aliphatic heterocycles. The second-order valence-corrected chi connectivity index (χ2v) is 4.91. The molecule has 3 heteroatoms. The second kappa shape index (κ2) is 5.04. The molecule has 1 atom stereocenters. The molecule has 0 saturated heterocycles. The van der Waals surface area contributed by atoms with Crippen molar-refractivity contribution in [3.8, 4) is 0 Å². The summed E-state index contributed by atoms with van der Waals surface area (Å²) in [6.07, 6.45) is 3.96. The van der Waals surface area contributed by atoms with Crippen LogP contribution < -0.4 is 0 Å². The molecule has 1 aromatic rings. The lowest BCUT2D eigenvalue weighted by Crippen LogP contribution is -1.81. The minimum atomic E-state index is 0.336. The Bertz CT molecular complexity index is 319. The Hall–Kier alpha value is 0.0200. The molecule has 0 saturated carbocycles. The van der Waals surface area contributed by atoms with E-state index < -0.39 is 0 Å². The van der Waals surface area contributed by atoms with Gasteiger partial charge in [0.05, 0.1) is 10.0 Å². The Morgan fingerprint density at radius 1 is 1.38 bits per heavy atom. The van der Waals surface area contributed by atoms with Crippen molar-refractivity contribution in [3.63, 3.8) is 0 Å². The van der Waals surface area contributed by atoms with Crippen LogP contribution in [0.15, 0.2) is 24.3 Å². The van der Waals surface area contributed by atoms with Gasteiger partial charge in [0, 0.05) is 4.83 Å². The standard InChI is InChI=1S/C10H9BrCl2/c1-7(11)5-6-8-3-2-4-9(12)10(8)13/h2-7H,1H3/b6-5+. The molecule has 0 nitrogen and oxygen atoms in total. The lowest BCUT2D eigenvalue weighted by atomic mass is 10.2. The number of alkyl halides is 1. The molecular formula is C10H9BrCl2. The van der Waals surface area contributed by atoms with Crippen LogP contribution in [0.4, 0.5) is 0 Å². The van der Waals surface area contributed by atoms with E-state index >= 15 is 0 Å². The van der Waals surface area contributed by atoms with Gasteiger partial charge in [-0.05, 0) is 18.6 Å². The molecule has 0 N–H and O–H groups in total. The number of hydrogen-bond donors (Lipinski definition) is 0. The summed E-state index contributed by atoms with van der Waals surface area (Å²) in [7, 11) is 0. The van der Waals surface area contributed by atoms with Crippen LogP contribution in [0.2, 0.25) is 10.0 Å². The highest BCUT2D eigenvalue weighted by molar-refractivity contribution is 9.09. The van der Waals surface area contributed by atoms with E-state index in [4.69, 9.17) is 23.2 Å². The van der Waals surface area contributed by atoms with E-state index in [0.29, 0.717) is 14.9 Å². The minimum absolute atomic E-state index is 0.336. The van der Waals surface area contributed by atoms with E-state index in [1.54, 1.807) is 6.07 Å². The first kappa shape index (κ1) is 11.1. The third kappa shape index (κ3) is 3.34. The Kier molecular flexibility index (Phi) is 4.30. The Labute approximate surface area is 96.7 Å². The van der Waals surface area contributed by atoms with E-state index in [0.717, 1.165) is 5.56 Å². The molecule has 0 bridgehead atoms. The smallest absolute Gasteiger partial charge is 0.0664 e. The van der Waals surface area contributed by atoms with E-state index in [-0.39, 0.29) is 0 Å². The Balaban J connectivity index is 2.95. The van der Waals surface area contributed by atoms with Crippen molar-refractivity contribution in [1.82, 2.24) is 0 Å². The van der Waals surface area contributed by atoms with Gasteiger partial charge in [0.2, 0.25) is 0 Å². The first-order valence-corrected chi connectivity index (χ1v) is 5.54. The number of rotatable bonds is 2. The first-order valence-electron chi connectivity index (χ1n) is 3.87. The van der Waals surface area contributed by atoms with Gasteiger partial charge in [0.25, 0.3) is 0 Å². The van der Waals surface area contributed by atoms with Crippen LogP contribution in [0.5, 0.6) is 0 Å². The molecule has 0 aliphatic carbocycles. The first-order chi connectivity index (χ1) is 6.11. The van der Waals surface area contributed by atoms with Crippen molar-refractivity contribution in [2.24, 2.45) is 0 Å². The summed E-state index contributed by atoms with van der Waals surface area (Å²) in [4.78, 5) is 0.336. The lowest BCUT2D eigenvalue weighted by molar-refractivity contribution is 1.28. The largest absolute Gasteiger partial charge is 0.0848 e. The minimum Gasteiger partial charge on any atom is -0.0848 e. The van der Waals surface area contributed by atoms with Crippen LogP contribution in [-0.4, -0.2) is 4.83 Å². The van der Waals surface area contributed by atoms with Gasteiger partial charge in [0.1, 0.15) is 0 Å². The summed E-state index contributed by atoms with van der Waals surface area (Å²) in [5.41, 5.74) is 0.945. The fraction of sp³-hybridized carbons (Fsp3) is 0.200. The fourth-order valence-electron chi connectivity index (χ4n) is 0.885. The van der Waals surface area contributed by atoms with E-state index in [1.807, 2.05) is 31.2 Å². The molecule has 0 aromatic heterocycles. The highest BCUT2D eigenvalue weighted by atomic mass is 79.9.